The molecule has 8 N–H and O–H groups in total. The number of nitrogens with two attached hydrogens (primary N) is 3. The Balaban J connectivity index is 2.00. The Labute approximate surface area is 167 Å². The molecule has 0 bridgehead atoms. The number of unbranched alkanes of at least 4 members (excludes halogenated alkanes) is 5. The third-order valence-electron chi connectivity index (χ3n) is 4.22. The zero-order valence-corrected chi connectivity index (χ0v) is 16.5. The normalized spacial score (nSPS) is 10.2. The smallest absolute Gasteiger partial charge is 0.185 e. The number of guanidine groups is 1. The highest BCUT2D eigenvalue weighted by Gasteiger charge is 2.06. The average Bonchev–Trinajstić information content (AvgIpc) is 2.67. The summed E-state index contributed by atoms with van der Waals surface area (Å²) in [7, 11) is 0. The number of aliphatic imine (C=N–C) groups is 1. The lowest BCUT2D eigenvalue weighted by Gasteiger charge is -2.09. The maximum atomic E-state index is 9.18. The number of amidine groups is 1. The van der Waals surface area contributed by atoms with Gasteiger partial charge in [-0.15, -0.1) is 0 Å². The van der Waals surface area contributed by atoms with Gasteiger partial charge in [-0.05, 0) is 57.0 Å². The summed E-state index contributed by atoms with van der Waals surface area (Å²) in [5.74, 6) is 0.659. The summed E-state index contributed by atoms with van der Waals surface area (Å²) in [6.07, 6.45) is 7.72. The minimum Gasteiger partial charge on any atom is -0.492 e. The quantitative estimate of drug-likeness (QED) is 0.175. The second-order valence-corrected chi connectivity index (χ2v) is 6.62. The molecule has 1 aromatic rings. The Morgan fingerprint density at radius 2 is 1.71 bits per heavy atom. The van der Waals surface area contributed by atoms with Gasteiger partial charge in [0, 0.05) is 12.1 Å². The molecule has 154 valence electrons. The molecule has 0 heterocycles. The molecule has 8 nitrogen and oxygen atoms in total. The van der Waals surface area contributed by atoms with Gasteiger partial charge in [0.05, 0.1) is 12.2 Å². The summed E-state index contributed by atoms with van der Waals surface area (Å²) in [6, 6.07) is 7.06. The molecule has 28 heavy (non-hydrogen) atoms. The van der Waals surface area contributed by atoms with E-state index in [9.17, 15) is 5.26 Å². The molecular weight excluding hydrogens is 354 g/mol. The SMILES string of the molecule is N#Cc1cc(C(=N)N)ccc1OCCCCNCCCCCCCN=C(N)N. The largest absolute Gasteiger partial charge is 0.492 e. The fourth-order valence-electron chi connectivity index (χ4n) is 2.67. The monoisotopic (exact) mass is 387 g/mol. The van der Waals surface area contributed by atoms with Gasteiger partial charge in [0.25, 0.3) is 0 Å². The Hall–Kier alpha value is -2.79. The van der Waals surface area contributed by atoms with Crippen LogP contribution >= 0.6 is 0 Å². The Bertz CT molecular complexity index is 663. The van der Waals surface area contributed by atoms with E-state index in [4.69, 9.17) is 27.3 Å². The lowest BCUT2D eigenvalue weighted by Crippen LogP contribution is -2.22. The van der Waals surface area contributed by atoms with Crippen molar-refractivity contribution in [3.05, 3.63) is 29.3 Å². The molecule has 0 atom stereocenters. The van der Waals surface area contributed by atoms with Gasteiger partial charge in [-0.25, -0.2) is 0 Å². The highest BCUT2D eigenvalue weighted by Crippen LogP contribution is 2.19. The number of nitrogens with one attached hydrogen (secondary N) is 2. The molecule has 1 rings (SSSR count). The molecular formula is C20H33N7O. The van der Waals surface area contributed by atoms with E-state index in [1.165, 1.54) is 19.3 Å². The summed E-state index contributed by atoms with van der Waals surface area (Å²) < 4.78 is 5.68. The molecule has 1 aromatic carbocycles. The van der Waals surface area contributed by atoms with Gasteiger partial charge in [0.15, 0.2) is 5.96 Å². The van der Waals surface area contributed by atoms with E-state index in [-0.39, 0.29) is 11.8 Å². The van der Waals surface area contributed by atoms with Crippen molar-refractivity contribution in [2.45, 2.75) is 44.9 Å². The fourth-order valence-corrected chi connectivity index (χ4v) is 2.67. The highest BCUT2D eigenvalue weighted by molar-refractivity contribution is 5.95. The van der Waals surface area contributed by atoms with Gasteiger partial charge in [0.2, 0.25) is 0 Å². The number of ether oxygens (including phenoxy) is 1. The third kappa shape index (κ3) is 10.4. The van der Waals surface area contributed by atoms with Crippen LogP contribution in [0.1, 0.15) is 56.1 Å². The van der Waals surface area contributed by atoms with E-state index in [1.807, 2.05) is 0 Å². The van der Waals surface area contributed by atoms with Gasteiger partial charge in [0.1, 0.15) is 17.7 Å². The molecule has 0 spiro atoms. The number of nitriles is 1. The number of nitrogens with zero attached hydrogens (tertiary/aromatic N) is 2. The summed E-state index contributed by atoms with van der Waals surface area (Å²) >= 11 is 0. The summed E-state index contributed by atoms with van der Waals surface area (Å²) in [5.41, 5.74) is 16.9. The number of hydrogen-bond donors (Lipinski definition) is 5. The maximum Gasteiger partial charge on any atom is 0.185 e. The van der Waals surface area contributed by atoms with Crippen LogP contribution in [-0.2, 0) is 0 Å². The van der Waals surface area contributed by atoms with E-state index in [1.54, 1.807) is 18.2 Å². The Morgan fingerprint density at radius 3 is 2.39 bits per heavy atom. The molecule has 0 aliphatic rings. The predicted molar refractivity (Wildman–Crippen MR) is 114 cm³/mol. The van der Waals surface area contributed by atoms with Gasteiger partial charge >= 0.3 is 0 Å². The van der Waals surface area contributed by atoms with Crippen molar-refractivity contribution in [1.29, 1.82) is 10.7 Å². The molecule has 0 aromatic heterocycles. The molecule has 0 aliphatic carbocycles. The van der Waals surface area contributed by atoms with Crippen molar-refractivity contribution >= 4 is 11.8 Å². The first-order valence-corrected chi connectivity index (χ1v) is 9.82. The summed E-state index contributed by atoms with van der Waals surface area (Å²) in [5, 5.41) is 20.0. The first-order valence-electron chi connectivity index (χ1n) is 9.82. The molecule has 0 fully saturated rings. The van der Waals surface area contributed by atoms with Crippen molar-refractivity contribution in [3.63, 3.8) is 0 Å². The van der Waals surface area contributed by atoms with Gasteiger partial charge < -0.3 is 27.3 Å². The van der Waals surface area contributed by atoms with Crippen molar-refractivity contribution in [2.24, 2.45) is 22.2 Å². The minimum absolute atomic E-state index is 0.0555. The highest BCUT2D eigenvalue weighted by atomic mass is 16.5. The van der Waals surface area contributed by atoms with E-state index in [0.717, 1.165) is 45.3 Å². The fraction of sp³-hybridized carbons (Fsp3) is 0.550. The van der Waals surface area contributed by atoms with E-state index >= 15 is 0 Å². The van der Waals surface area contributed by atoms with E-state index < -0.39 is 0 Å². The molecule has 0 saturated carbocycles. The van der Waals surface area contributed by atoms with Crippen LogP contribution in [0.4, 0.5) is 0 Å². The molecule has 0 radical (unpaired) electrons. The second-order valence-electron chi connectivity index (χ2n) is 6.62. The predicted octanol–water partition coefficient (Wildman–Crippen LogP) is 1.81. The number of nitrogen functional groups attached to an aromatic ring is 1. The van der Waals surface area contributed by atoms with Gasteiger partial charge in [-0.1, -0.05) is 19.3 Å². The molecule has 0 amide bonds. The van der Waals surface area contributed by atoms with Crippen LogP contribution < -0.4 is 27.3 Å². The minimum atomic E-state index is -0.0555. The van der Waals surface area contributed by atoms with Crippen LogP contribution in [0.15, 0.2) is 23.2 Å². The first kappa shape index (κ1) is 23.2. The average molecular weight is 388 g/mol. The molecule has 8 heteroatoms. The Morgan fingerprint density at radius 1 is 1.04 bits per heavy atom. The third-order valence-corrected chi connectivity index (χ3v) is 4.22. The van der Waals surface area contributed by atoms with Crippen LogP contribution in [-0.4, -0.2) is 38.0 Å². The zero-order chi connectivity index (χ0) is 20.6. The van der Waals surface area contributed by atoms with Crippen LogP contribution in [0.3, 0.4) is 0 Å². The van der Waals surface area contributed by atoms with E-state index in [0.29, 0.717) is 23.5 Å². The zero-order valence-electron chi connectivity index (χ0n) is 16.5. The lowest BCUT2D eigenvalue weighted by atomic mass is 10.1. The number of rotatable bonds is 15. The summed E-state index contributed by atoms with van der Waals surface area (Å²) in [6.45, 7) is 3.27. The van der Waals surface area contributed by atoms with Crippen LogP contribution in [0, 0.1) is 16.7 Å². The molecule has 0 aliphatic heterocycles. The van der Waals surface area contributed by atoms with Crippen molar-refractivity contribution < 1.29 is 4.74 Å². The first-order chi connectivity index (χ1) is 13.5. The van der Waals surface area contributed by atoms with Crippen LogP contribution in [0.2, 0.25) is 0 Å². The van der Waals surface area contributed by atoms with E-state index in [2.05, 4.69) is 16.4 Å². The lowest BCUT2D eigenvalue weighted by molar-refractivity contribution is 0.305. The van der Waals surface area contributed by atoms with Crippen molar-refractivity contribution in [1.82, 2.24) is 5.32 Å². The summed E-state index contributed by atoms with van der Waals surface area (Å²) in [4.78, 5) is 3.97. The van der Waals surface area contributed by atoms with Crippen molar-refractivity contribution in [3.8, 4) is 11.8 Å². The topological polar surface area (TPSA) is 159 Å². The second kappa shape index (κ2) is 14.3. The number of benzene rings is 1. The van der Waals surface area contributed by atoms with Crippen molar-refractivity contribution in [2.75, 3.05) is 26.2 Å². The number of hydrogen-bond acceptors (Lipinski definition) is 5. The molecule has 0 unspecified atom stereocenters. The van der Waals surface area contributed by atoms with Crippen LogP contribution in [0.25, 0.3) is 0 Å². The van der Waals surface area contributed by atoms with Gasteiger partial charge in [-0.3, -0.25) is 10.4 Å². The molecule has 0 saturated heterocycles. The standard InChI is InChI=1S/C20H33N7O/c21-15-17-14-16(19(22)23)8-9-18(17)28-13-7-6-11-26-10-4-2-1-3-5-12-27-20(24)25/h8-9,14,26H,1-7,10-13H2,(H3,22,23)(H4,24,25,27). The maximum absolute atomic E-state index is 9.18. The Kier molecular flexibility index (Phi) is 11.9. The van der Waals surface area contributed by atoms with Gasteiger partial charge in [-0.2, -0.15) is 5.26 Å². The van der Waals surface area contributed by atoms with Crippen LogP contribution in [0.5, 0.6) is 5.75 Å².